The van der Waals surface area contributed by atoms with Crippen LogP contribution in [0.1, 0.15) is 18.5 Å². The Morgan fingerprint density at radius 1 is 1.17 bits per heavy atom. The number of nitro groups is 1. The first-order valence-electron chi connectivity index (χ1n) is 8.66. The van der Waals surface area contributed by atoms with Crippen LogP contribution in [0.5, 0.6) is 5.75 Å². The molecule has 8 nitrogen and oxygen atoms in total. The van der Waals surface area contributed by atoms with E-state index in [0.29, 0.717) is 22.7 Å². The van der Waals surface area contributed by atoms with E-state index in [2.05, 4.69) is 5.32 Å². The molecule has 0 bridgehead atoms. The third-order valence-electron chi connectivity index (χ3n) is 4.66. The van der Waals surface area contributed by atoms with Gasteiger partial charge in [0.1, 0.15) is 5.75 Å². The van der Waals surface area contributed by atoms with Crippen molar-refractivity contribution in [2.45, 2.75) is 13.0 Å². The molecule has 0 saturated carbocycles. The highest BCUT2D eigenvalue weighted by molar-refractivity contribution is 7.80. The zero-order chi connectivity index (χ0) is 21.1. The number of thiocarbonyl (C=S) groups is 1. The summed E-state index contributed by atoms with van der Waals surface area (Å²) in [4.78, 5) is 25.4. The van der Waals surface area contributed by atoms with Gasteiger partial charge in [-0.1, -0.05) is 24.3 Å². The van der Waals surface area contributed by atoms with E-state index in [4.69, 9.17) is 21.7 Å². The molecule has 1 aliphatic heterocycles. The molecule has 150 valence electrons. The molecule has 1 N–H and O–H groups in total. The number of hydrogen-bond donors (Lipinski definition) is 1. The number of carbonyl (C=O) groups excluding carboxylic acids is 1. The SMILES string of the molecule is COC(=O)C1=C(C)N(c2ccccc2OC)C(=S)N[C@H]1c1ccccc1[N+](=O)[O-]. The number of methoxy groups -OCH3 is 2. The van der Waals surface area contributed by atoms with Crippen molar-refractivity contribution in [1.82, 2.24) is 5.32 Å². The average Bonchev–Trinajstić information content (AvgIpc) is 2.73. The zero-order valence-electron chi connectivity index (χ0n) is 16.0. The van der Waals surface area contributed by atoms with E-state index < -0.39 is 16.9 Å². The Hall–Kier alpha value is -3.46. The summed E-state index contributed by atoms with van der Waals surface area (Å²) in [6, 6.07) is 12.6. The molecule has 1 atom stereocenters. The van der Waals surface area contributed by atoms with Crippen LogP contribution in [0.15, 0.2) is 59.8 Å². The molecule has 1 heterocycles. The minimum absolute atomic E-state index is 0.118. The molecule has 0 radical (unpaired) electrons. The lowest BCUT2D eigenvalue weighted by Gasteiger charge is -2.37. The van der Waals surface area contributed by atoms with E-state index in [1.165, 1.54) is 20.3 Å². The number of ether oxygens (including phenoxy) is 2. The molecule has 0 unspecified atom stereocenters. The summed E-state index contributed by atoms with van der Waals surface area (Å²) in [7, 11) is 2.80. The summed E-state index contributed by atoms with van der Waals surface area (Å²) >= 11 is 5.56. The maximum absolute atomic E-state index is 12.7. The van der Waals surface area contributed by atoms with Gasteiger partial charge in [0, 0.05) is 11.8 Å². The summed E-state index contributed by atoms with van der Waals surface area (Å²) in [5, 5.41) is 14.9. The predicted molar refractivity (Wildman–Crippen MR) is 112 cm³/mol. The van der Waals surface area contributed by atoms with Gasteiger partial charge < -0.3 is 14.8 Å². The van der Waals surface area contributed by atoms with Crippen molar-refractivity contribution in [3.63, 3.8) is 0 Å². The number of hydrogen-bond acceptors (Lipinski definition) is 6. The Morgan fingerprint density at radius 3 is 2.48 bits per heavy atom. The van der Waals surface area contributed by atoms with Gasteiger partial charge in [-0.3, -0.25) is 15.0 Å². The molecule has 0 amide bonds. The molecular weight excluding hydrogens is 394 g/mol. The zero-order valence-corrected chi connectivity index (χ0v) is 16.9. The van der Waals surface area contributed by atoms with Crippen LogP contribution in [-0.4, -0.2) is 30.2 Å². The van der Waals surface area contributed by atoms with Crippen molar-refractivity contribution in [3.05, 3.63) is 75.5 Å². The molecule has 0 saturated heterocycles. The van der Waals surface area contributed by atoms with Gasteiger partial charge in [0.25, 0.3) is 5.69 Å². The number of benzene rings is 2. The summed E-state index contributed by atoms with van der Waals surface area (Å²) in [5.41, 5.74) is 1.55. The summed E-state index contributed by atoms with van der Waals surface area (Å²) in [6.07, 6.45) is 0. The summed E-state index contributed by atoms with van der Waals surface area (Å²) < 4.78 is 10.4. The summed E-state index contributed by atoms with van der Waals surface area (Å²) in [6.45, 7) is 1.72. The average molecular weight is 413 g/mol. The molecular formula is C20H19N3O5S. The van der Waals surface area contributed by atoms with Gasteiger partial charge in [0.15, 0.2) is 5.11 Å². The number of nitro benzene ring substituents is 1. The van der Waals surface area contributed by atoms with E-state index in [0.717, 1.165) is 0 Å². The normalized spacial score (nSPS) is 16.3. The minimum Gasteiger partial charge on any atom is -0.495 e. The van der Waals surface area contributed by atoms with Gasteiger partial charge in [-0.15, -0.1) is 0 Å². The molecule has 9 heteroatoms. The van der Waals surface area contributed by atoms with E-state index in [1.807, 2.05) is 12.1 Å². The molecule has 1 aliphatic rings. The van der Waals surface area contributed by atoms with Gasteiger partial charge >= 0.3 is 5.97 Å². The largest absolute Gasteiger partial charge is 0.495 e. The fraction of sp³-hybridized carbons (Fsp3) is 0.200. The van der Waals surface area contributed by atoms with Gasteiger partial charge in [0.2, 0.25) is 0 Å². The maximum Gasteiger partial charge on any atom is 0.337 e. The first-order valence-corrected chi connectivity index (χ1v) is 9.07. The quantitative estimate of drug-likeness (QED) is 0.345. The van der Waals surface area contributed by atoms with Gasteiger partial charge in [0.05, 0.1) is 42.0 Å². The lowest BCUT2D eigenvalue weighted by molar-refractivity contribution is -0.385. The van der Waals surface area contributed by atoms with E-state index in [9.17, 15) is 14.9 Å². The van der Waals surface area contributed by atoms with Crippen molar-refractivity contribution in [1.29, 1.82) is 0 Å². The molecule has 0 fully saturated rings. The smallest absolute Gasteiger partial charge is 0.337 e. The first-order chi connectivity index (χ1) is 13.9. The number of para-hydroxylation sites is 3. The minimum atomic E-state index is -0.831. The van der Waals surface area contributed by atoms with Crippen LogP contribution in [-0.2, 0) is 9.53 Å². The van der Waals surface area contributed by atoms with Crippen LogP contribution in [0, 0.1) is 10.1 Å². The number of esters is 1. The highest BCUT2D eigenvalue weighted by Gasteiger charge is 2.38. The fourth-order valence-corrected chi connectivity index (χ4v) is 3.71. The Balaban J connectivity index is 2.23. The molecule has 2 aromatic rings. The molecule has 3 rings (SSSR count). The van der Waals surface area contributed by atoms with Crippen LogP contribution < -0.4 is 15.0 Å². The van der Waals surface area contributed by atoms with E-state index in [1.54, 1.807) is 42.2 Å². The number of carbonyl (C=O) groups is 1. The second-order valence-electron chi connectivity index (χ2n) is 6.20. The standard InChI is InChI=1S/C20H19N3O5S/c1-12-17(19(24)28-3)18(13-8-4-5-9-14(13)23(25)26)21-20(29)22(12)15-10-6-7-11-16(15)27-2/h4-11,18H,1-3H3,(H,21,29)/t18-/m0/s1. The molecule has 0 aromatic heterocycles. The van der Waals surface area contributed by atoms with Crippen molar-refractivity contribution >= 4 is 34.7 Å². The Bertz CT molecular complexity index is 1020. The fourth-order valence-electron chi connectivity index (χ4n) is 3.35. The Kier molecular flexibility index (Phi) is 5.79. The first kappa shape index (κ1) is 20.3. The van der Waals surface area contributed by atoms with Gasteiger partial charge in [-0.05, 0) is 37.3 Å². The second-order valence-corrected chi connectivity index (χ2v) is 6.58. The van der Waals surface area contributed by atoms with Crippen LogP contribution >= 0.6 is 12.2 Å². The lowest BCUT2D eigenvalue weighted by Crippen LogP contribution is -2.48. The number of anilines is 1. The lowest BCUT2D eigenvalue weighted by atomic mass is 9.93. The van der Waals surface area contributed by atoms with Crippen molar-refractivity contribution < 1.29 is 19.2 Å². The van der Waals surface area contributed by atoms with E-state index in [-0.39, 0.29) is 16.4 Å². The number of allylic oxidation sites excluding steroid dienone is 1. The highest BCUT2D eigenvalue weighted by Crippen LogP contribution is 2.39. The molecule has 0 aliphatic carbocycles. The second kappa shape index (κ2) is 8.27. The van der Waals surface area contributed by atoms with Crippen LogP contribution in [0.4, 0.5) is 11.4 Å². The predicted octanol–water partition coefficient (Wildman–Crippen LogP) is 3.49. The van der Waals surface area contributed by atoms with Gasteiger partial charge in [-0.2, -0.15) is 0 Å². The van der Waals surface area contributed by atoms with Crippen LogP contribution in [0.25, 0.3) is 0 Å². The van der Waals surface area contributed by atoms with Crippen molar-refractivity contribution in [2.24, 2.45) is 0 Å². The third kappa shape index (κ3) is 3.64. The Labute approximate surface area is 172 Å². The molecule has 2 aromatic carbocycles. The Morgan fingerprint density at radius 2 is 1.83 bits per heavy atom. The molecule has 0 spiro atoms. The molecule has 29 heavy (non-hydrogen) atoms. The maximum atomic E-state index is 12.7. The van der Waals surface area contributed by atoms with Crippen LogP contribution in [0.2, 0.25) is 0 Å². The van der Waals surface area contributed by atoms with E-state index >= 15 is 0 Å². The number of nitrogens with zero attached hydrogens (tertiary/aromatic N) is 2. The number of nitrogens with one attached hydrogen (secondary N) is 1. The van der Waals surface area contributed by atoms with Crippen LogP contribution in [0.3, 0.4) is 0 Å². The third-order valence-corrected chi connectivity index (χ3v) is 4.96. The topological polar surface area (TPSA) is 93.9 Å². The highest BCUT2D eigenvalue weighted by atomic mass is 32.1. The van der Waals surface area contributed by atoms with Crippen molar-refractivity contribution in [3.8, 4) is 5.75 Å². The van der Waals surface area contributed by atoms with Gasteiger partial charge in [-0.25, -0.2) is 4.79 Å². The monoisotopic (exact) mass is 413 g/mol. The number of rotatable bonds is 5. The van der Waals surface area contributed by atoms with Crippen molar-refractivity contribution in [2.75, 3.05) is 19.1 Å². The summed E-state index contributed by atoms with van der Waals surface area (Å²) in [5.74, 6) is -0.0510.